The summed E-state index contributed by atoms with van der Waals surface area (Å²) in [5.74, 6) is 0. The lowest BCUT2D eigenvalue weighted by molar-refractivity contribution is 0.602. The molecule has 0 radical (unpaired) electrons. The van der Waals surface area contributed by atoms with Crippen molar-refractivity contribution in [3.05, 3.63) is 53.1 Å². The first kappa shape index (κ1) is 15.3. The third kappa shape index (κ3) is 2.52. The van der Waals surface area contributed by atoms with Crippen LogP contribution in [0.2, 0.25) is 0 Å². The molecule has 0 bridgehead atoms. The first-order chi connectivity index (χ1) is 12.0. The number of anilines is 1. The number of fused-ring (bicyclic) bond motifs is 2. The fraction of sp³-hybridized carbons (Fsp3) is 0.0667. The van der Waals surface area contributed by atoms with E-state index in [4.69, 9.17) is 0 Å². The maximum Gasteiger partial charge on any atom is 0.264 e. The van der Waals surface area contributed by atoms with Crippen molar-refractivity contribution < 1.29 is 8.42 Å². The molecule has 2 aromatic heterocycles. The molecule has 9 nitrogen and oxygen atoms in total. The van der Waals surface area contributed by atoms with E-state index >= 15 is 0 Å². The second kappa shape index (κ2) is 5.38. The Hall–Kier alpha value is -3.27. The number of nitrogens with zero attached hydrogens (tertiary/aromatic N) is 4. The van der Waals surface area contributed by atoms with Gasteiger partial charge in [0.2, 0.25) is 0 Å². The number of hydrogen-bond donors (Lipinski definition) is 2. The maximum atomic E-state index is 12.8. The topological polar surface area (TPSA) is 123 Å². The fourth-order valence-corrected chi connectivity index (χ4v) is 3.80. The van der Waals surface area contributed by atoms with Crippen LogP contribution in [-0.4, -0.2) is 33.4 Å². The van der Waals surface area contributed by atoms with Crippen LogP contribution in [0.25, 0.3) is 21.9 Å². The molecule has 2 heterocycles. The molecule has 0 atom stereocenters. The van der Waals surface area contributed by atoms with Gasteiger partial charge < -0.3 is 4.98 Å². The van der Waals surface area contributed by atoms with Crippen molar-refractivity contribution in [3.8, 4) is 0 Å². The number of nitrogens with one attached hydrogen (secondary N) is 2. The normalized spacial score (nSPS) is 11.9. The minimum atomic E-state index is -3.91. The Morgan fingerprint density at radius 3 is 2.88 bits per heavy atom. The number of rotatable bonds is 3. The molecule has 0 aliphatic rings. The van der Waals surface area contributed by atoms with Crippen LogP contribution < -0.4 is 10.3 Å². The smallest absolute Gasteiger partial charge is 0.264 e. The van der Waals surface area contributed by atoms with E-state index in [0.29, 0.717) is 16.4 Å². The molecule has 4 rings (SSSR count). The van der Waals surface area contributed by atoms with Gasteiger partial charge in [-0.3, -0.25) is 9.52 Å². The van der Waals surface area contributed by atoms with Gasteiger partial charge in [0, 0.05) is 12.7 Å². The van der Waals surface area contributed by atoms with E-state index in [9.17, 15) is 13.2 Å². The average molecular weight is 356 g/mol. The summed E-state index contributed by atoms with van der Waals surface area (Å²) in [6, 6.07) is 9.36. The van der Waals surface area contributed by atoms with Gasteiger partial charge in [0.1, 0.15) is 10.4 Å². The summed E-state index contributed by atoms with van der Waals surface area (Å²) in [5, 5.41) is 8.06. The third-order valence-electron chi connectivity index (χ3n) is 3.79. The quantitative estimate of drug-likeness (QED) is 0.565. The Morgan fingerprint density at radius 2 is 2.04 bits per heavy atom. The predicted molar refractivity (Wildman–Crippen MR) is 91.7 cm³/mol. The lowest BCUT2D eigenvalue weighted by Crippen LogP contribution is -2.14. The van der Waals surface area contributed by atoms with Gasteiger partial charge in [-0.15, -0.1) is 5.10 Å². The lowest BCUT2D eigenvalue weighted by Gasteiger charge is -2.09. The minimum absolute atomic E-state index is 0.0123. The molecular formula is C15H12N6O3S. The number of sulfonamides is 1. The van der Waals surface area contributed by atoms with Crippen LogP contribution in [0.15, 0.2) is 52.4 Å². The average Bonchev–Trinajstić information content (AvgIpc) is 2.97. The Balaban J connectivity index is 1.81. The van der Waals surface area contributed by atoms with Gasteiger partial charge in [-0.25, -0.2) is 18.1 Å². The van der Waals surface area contributed by atoms with Crippen molar-refractivity contribution in [2.24, 2.45) is 7.05 Å². The van der Waals surface area contributed by atoms with Crippen molar-refractivity contribution in [1.82, 2.24) is 25.0 Å². The summed E-state index contributed by atoms with van der Waals surface area (Å²) in [6.07, 6.45) is 1.29. The van der Waals surface area contributed by atoms with Gasteiger partial charge in [0.15, 0.2) is 0 Å². The molecule has 0 fully saturated rings. The zero-order valence-electron chi connectivity index (χ0n) is 13.0. The van der Waals surface area contributed by atoms with Gasteiger partial charge in [-0.2, -0.15) is 0 Å². The SMILES string of the molecule is Cn1nnc2c(S(=O)(=O)Nc3ccc4nc[nH]c(=O)c4c3)cccc21. The van der Waals surface area contributed by atoms with Crippen LogP contribution in [-0.2, 0) is 17.1 Å². The molecule has 10 heteroatoms. The molecule has 0 spiro atoms. The molecule has 2 aromatic carbocycles. The number of aryl methyl sites for hydroxylation is 1. The van der Waals surface area contributed by atoms with Crippen LogP contribution >= 0.6 is 0 Å². The van der Waals surface area contributed by atoms with Crippen LogP contribution in [0.3, 0.4) is 0 Å². The largest absolute Gasteiger partial charge is 0.313 e. The standard InChI is InChI=1S/C15H12N6O3S/c1-21-12-3-2-4-13(14(12)18-20-21)25(23,24)19-9-5-6-11-10(7-9)15(22)17-8-16-11/h2-8,19H,1H3,(H,16,17,22). The van der Waals surface area contributed by atoms with Gasteiger partial charge in [0.05, 0.1) is 22.7 Å². The van der Waals surface area contributed by atoms with E-state index < -0.39 is 10.0 Å². The second-order valence-corrected chi connectivity index (χ2v) is 7.06. The van der Waals surface area contributed by atoms with Crippen molar-refractivity contribution in [1.29, 1.82) is 0 Å². The summed E-state index contributed by atoms with van der Waals surface area (Å²) in [4.78, 5) is 18.3. The maximum absolute atomic E-state index is 12.8. The Kier molecular flexibility index (Phi) is 3.29. The number of hydrogen-bond acceptors (Lipinski definition) is 6. The Labute approximate surface area is 141 Å². The van der Waals surface area contributed by atoms with Crippen molar-refractivity contribution in [2.45, 2.75) is 4.90 Å². The number of H-pyrrole nitrogens is 1. The zero-order chi connectivity index (χ0) is 17.6. The summed E-state index contributed by atoms with van der Waals surface area (Å²) < 4.78 is 29.5. The number of benzene rings is 2. The Morgan fingerprint density at radius 1 is 1.20 bits per heavy atom. The molecular weight excluding hydrogens is 344 g/mol. The highest BCUT2D eigenvalue weighted by Crippen LogP contribution is 2.23. The molecule has 25 heavy (non-hydrogen) atoms. The highest BCUT2D eigenvalue weighted by Gasteiger charge is 2.20. The van der Waals surface area contributed by atoms with Gasteiger partial charge in [-0.05, 0) is 30.3 Å². The lowest BCUT2D eigenvalue weighted by atomic mass is 10.2. The molecule has 0 saturated carbocycles. The van der Waals surface area contributed by atoms with E-state index in [1.54, 1.807) is 31.3 Å². The van der Waals surface area contributed by atoms with E-state index in [1.807, 2.05) is 0 Å². The van der Waals surface area contributed by atoms with E-state index in [1.165, 1.54) is 23.1 Å². The minimum Gasteiger partial charge on any atom is -0.313 e. The van der Waals surface area contributed by atoms with Crippen LogP contribution in [0.4, 0.5) is 5.69 Å². The van der Waals surface area contributed by atoms with E-state index in [2.05, 4.69) is 25.0 Å². The monoisotopic (exact) mass is 356 g/mol. The first-order valence-corrected chi connectivity index (χ1v) is 8.73. The zero-order valence-corrected chi connectivity index (χ0v) is 13.8. The van der Waals surface area contributed by atoms with Gasteiger partial charge in [0.25, 0.3) is 15.6 Å². The van der Waals surface area contributed by atoms with Crippen LogP contribution in [0, 0.1) is 0 Å². The second-order valence-electron chi connectivity index (χ2n) is 5.41. The molecule has 0 aliphatic heterocycles. The highest BCUT2D eigenvalue weighted by atomic mass is 32.2. The first-order valence-electron chi connectivity index (χ1n) is 7.24. The number of aromatic amines is 1. The van der Waals surface area contributed by atoms with Crippen molar-refractivity contribution >= 4 is 37.6 Å². The van der Waals surface area contributed by atoms with E-state index in [-0.39, 0.29) is 21.7 Å². The van der Waals surface area contributed by atoms with Gasteiger partial charge >= 0.3 is 0 Å². The van der Waals surface area contributed by atoms with E-state index in [0.717, 1.165) is 0 Å². The Bertz CT molecular complexity index is 1280. The molecule has 126 valence electrons. The van der Waals surface area contributed by atoms with Crippen LogP contribution in [0.1, 0.15) is 0 Å². The molecule has 0 saturated heterocycles. The summed E-state index contributed by atoms with van der Waals surface area (Å²) in [7, 11) is -2.22. The van der Waals surface area contributed by atoms with Crippen LogP contribution in [0.5, 0.6) is 0 Å². The molecule has 0 unspecified atom stereocenters. The van der Waals surface area contributed by atoms with Crippen molar-refractivity contribution in [3.63, 3.8) is 0 Å². The molecule has 2 N–H and O–H groups in total. The summed E-state index contributed by atoms with van der Waals surface area (Å²) in [6.45, 7) is 0. The van der Waals surface area contributed by atoms with Crippen molar-refractivity contribution in [2.75, 3.05) is 4.72 Å². The molecule has 0 amide bonds. The molecule has 0 aliphatic carbocycles. The fourth-order valence-electron chi connectivity index (χ4n) is 2.59. The summed E-state index contributed by atoms with van der Waals surface area (Å²) >= 11 is 0. The van der Waals surface area contributed by atoms with Gasteiger partial charge in [-0.1, -0.05) is 11.3 Å². The third-order valence-corrected chi connectivity index (χ3v) is 5.20. The number of aromatic nitrogens is 5. The molecule has 4 aromatic rings. The summed E-state index contributed by atoms with van der Waals surface area (Å²) in [5.41, 5.74) is 1.26. The highest BCUT2D eigenvalue weighted by molar-refractivity contribution is 7.93. The predicted octanol–water partition coefficient (Wildman–Crippen LogP) is 1.01.